The van der Waals surface area contributed by atoms with Crippen molar-refractivity contribution < 1.29 is 24.2 Å². The van der Waals surface area contributed by atoms with Crippen LogP contribution in [0.4, 0.5) is 5.69 Å². The number of likely N-dealkylation sites (tertiary alicyclic amines) is 1. The van der Waals surface area contributed by atoms with Crippen LogP contribution in [0.1, 0.15) is 39.1 Å². The van der Waals surface area contributed by atoms with E-state index in [0.29, 0.717) is 41.2 Å². The number of amides is 1. The second kappa shape index (κ2) is 8.74. The Morgan fingerprint density at radius 2 is 1.81 bits per heavy atom. The molecule has 1 aliphatic heterocycles. The molecule has 1 aliphatic rings. The molecule has 1 aromatic heterocycles. The predicted molar refractivity (Wildman–Crippen MR) is 120 cm³/mol. The summed E-state index contributed by atoms with van der Waals surface area (Å²) in [4.78, 5) is 41.1. The number of carbonyl (C=O) groups is 3. The monoisotopic (exact) mass is 435 g/mol. The zero-order chi connectivity index (χ0) is 22.8. The molecule has 8 heteroatoms. The maximum atomic E-state index is 13.3. The van der Waals surface area contributed by atoms with Crippen molar-refractivity contribution in [2.75, 3.05) is 25.9 Å². The number of benzene rings is 2. The first-order chi connectivity index (χ1) is 15.4. The molecule has 1 fully saturated rings. The highest BCUT2D eigenvalue weighted by molar-refractivity contribution is 6.42. The zero-order valence-electron chi connectivity index (χ0n) is 17.8. The number of nitrogen functional groups attached to an aromatic ring is 1. The number of ether oxygens (including phenoxy) is 1. The van der Waals surface area contributed by atoms with Crippen LogP contribution < -0.4 is 10.5 Å². The van der Waals surface area contributed by atoms with Gasteiger partial charge in [-0.3, -0.25) is 9.59 Å². The highest BCUT2D eigenvalue weighted by Gasteiger charge is 2.27. The third kappa shape index (κ3) is 4.16. The summed E-state index contributed by atoms with van der Waals surface area (Å²) < 4.78 is 5.41. The Balaban J connectivity index is 1.52. The molecule has 0 aliphatic carbocycles. The van der Waals surface area contributed by atoms with Crippen molar-refractivity contribution >= 4 is 34.3 Å². The van der Waals surface area contributed by atoms with Crippen molar-refractivity contribution in [1.29, 1.82) is 0 Å². The average Bonchev–Trinajstić information content (AvgIpc) is 3.22. The molecule has 32 heavy (non-hydrogen) atoms. The fourth-order valence-electron chi connectivity index (χ4n) is 4.29. The number of methoxy groups -OCH3 is 1. The standard InChI is InChI=1S/C24H25N3O5/c1-32-21-12-20-17(19(13-26-20)22(28)24(30)31)11-18(21)23(29)27-8-6-15(7-9-27)10-14-2-4-16(25)5-3-14/h2-5,11-13,15,26H,6-10,25H2,1H3,(H,30,31). The van der Waals surface area contributed by atoms with E-state index in [1.165, 1.54) is 18.9 Å². The average molecular weight is 435 g/mol. The highest BCUT2D eigenvalue weighted by atomic mass is 16.5. The summed E-state index contributed by atoms with van der Waals surface area (Å²) in [6.07, 6.45) is 4.06. The Morgan fingerprint density at radius 1 is 1.12 bits per heavy atom. The smallest absolute Gasteiger partial charge is 0.377 e. The minimum Gasteiger partial charge on any atom is -0.496 e. The molecule has 0 spiro atoms. The zero-order valence-corrected chi connectivity index (χ0v) is 17.8. The lowest BCUT2D eigenvalue weighted by Crippen LogP contribution is -2.39. The highest BCUT2D eigenvalue weighted by Crippen LogP contribution is 2.31. The number of rotatable bonds is 6. The molecular weight excluding hydrogens is 410 g/mol. The molecule has 4 N–H and O–H groups in total. The van der Waals surface area contributed by atoms with Gasteiger partial charge in [-0.2, -0.15) is 0 Å². The second-order valence-corrected chi connectivity index (χ2v) is 8.12. The summed E-state index contributed by atoms with van der Waals surface area (Å²) in [5.74, 6) is -1.90. The maximum Gasteiger partial charge on any atom is 0.377 e. The lowest BCUT2D eigenvalue weighted by atomic mass is 9.90. The van der Waals surface area contributed by atoms with Crippen LogP contribution in [0, 0.1) is 5.92 Å². The number of anilines is 1. The number of carboxylic acid groups (broad SMARTS) is 1. The molecule has 0 saturated carbocycles. The van der Waals surface area contributed by atoms with E-state index in [9.17, 15) is 14.4 Å². The number of aromatic nitrogens is 1. The normalized spacial score (nSPS) is 14.5. The van der Waals surface area contributed by atoms with Gasteiger partial charge in [0.25, 0.3) is 11.7 Å². The molecule has 1 saturated heterocycles. The molecule has 4 rings (SSSR count). The molecular formula is C24H25N3O5. The van der Waals surface area contributed by atoms with Crippen LogP contribution in [-0.2, 0) is 11.2 Å². The Bertz CT molecular complexity index is 1170. The number of nitrogens with two attached hydrogens (primary N) is 1. The summed E-state index contributed by atoms with van der Waals surface area (Å²) in [6, 6.07) is 11.1. The number of fused-ring (bicyclic) bond motifs is 1. The van der Waals surface area contributed by atoms with Crippen molar-refractivity contribution in [1.82, 2.24) is 9.88 Å². The summed E-state index contributed by atoms with van der Waals surface area (Å²) in [6.45, 7) is 1.24. The van der Waals surface area contributed by atoms with Crippen LogP contribution in [-0.4, -0.2) is 52.8 Å². The van der Waals surface area contributed by atoms with Crippen molar-refractivity contribution in [3.8, 4) is 5.75 Å². The Labute approximate surface area is 185 Å². The number of nitrogens with one attached hydrogen (secondary N) is 1. The quantitative estimate of drug-likeness (QED) is 0.310. The summed E-state index contributed by atoms with van der Waals surface area (Å²) in [5.41, 5.74) is 8.60. The fourth-order valence-corrected chi connectivity index (χ4v) is 4.29. The molecule has 3 aromatic rings. The van der Waals surface area contributed by atoms with Crippen LogP contribution in [0.2, 0.25) is 0 Å². The van der Waals surface area contributed by atoms with Gasteiger partial charge in [-0.25, -0.2) is 4.79 Å². The van der Waals surface area contributed by atoms with E-state index in [-0.39, 0.29) is 11.5 Å². The number of carboxylic acids is 1. The molecule has 0 unspecified atom stereocenters. The molecule has 1 amide bonds. The van der Waals surface area contributed by atoms with Gasteiger partial charge in [0.05, 0.1) is 18.2 Å². The molecule has 2 aromatic carbocycles. The molecule has 0 atom stereocenters. The van der Waals surface area contributed by atoms with Crippen molar-refractivity contribution in [3.05, 3.63) is 59.3 Å². The molecule has 166 valence electrons. The van der Waals surface area contributed by atoms with E-state index in [1.54, 1.807) is 17.0 Å². The molecule has 8 nitrogen and oxygen atoms in total. The van der Waals surface area contributed by atoms with Gasteiger partial charge in [0.2, 0.25) is 0 Å². The first-order valence-corrected chi connectivity index (χ1v) is 10.5. The van der Waals surface area contributed by atoms with Crippen LogP contribution in [0.3, 0.4) is 0 Å². The van der Waals surface area contributed by atoms with Crippen LogP contribution >= 0.6 is 0 Å². The lowest BCUT2D eigenvalue weighted by molar-refractivity contribution is -0.131. The molecule has 2 heterocycles. The number of aliphatic carboxylic acids is 1. The fraction of sp³-hybridized carbons (Fsp3) is 0.292. The largest absolute Gasteiger partial charge is 0.496 e. The number of hydrogen-bond donors (Lipinski definition) is 3. The van der Waals surface area contributed by atoms with E-state index < -0.39 is 11.8 Å². The van der Waals surface area contributed by atoms with Crippen molar-refractivity contribution in [3.63, 3.8) is 0 Å². The maximum absolute atomic E-state index is 13.3. The Hall–Kier alpha value is -3.81. The number of carbonyl (C=O) groups excluding carboxylic acids is 2. The van der Waals surface area contributed by atoms with Gasteiger partial charge in [0.1, 0.15) is 5.75 Å². The summed E-state index contributed by atoms with van der Waals surface area (Å²) in [7, 11) is 1.48. The van der Waals surface area contributed by atoms with E-state index >= 15 is 0 Å². The first-order valence-electron chi connectivity index (χ1n) is 10.5. The number of nitrogens with zero attached hydrogens (tertiary/aromatic N) is 1. The van der Waals surface area contributed by atoms with Crippen molar-refractivity contribution in [2.24, 2.45) is 5.92 Å². The van der Waals surface area contributed by atoms with Gasteiger partial charge in [-0.1, -0.05) is 12.1 Å². The van der Waals surface area contributed by atoms with Crippen LogP contribution in [0.15, 0.2) is 42.6 Å². The number of ketones is 1. The van der Waals surface area contributed by atoms with Gasteiger partial charge in [-0.05, 0) is 48.9 Å². The number of hydrogen-bond acceptors (Lipinski definition) is 5. The lowest BCUT2D eigenvalue weighted by Gasteiger charge is -2.32. The van der Waals surface area contributed by atoms with E-state index in [0.717, 1.165) is 24.9 Å². The minimum absolute atomic E-state index is 0.0198. The summed E-state index contributed by atoms with van der Waals surface area (Å²) >= 11 is 0. The Kier molecular flexibility index (Phi) is 5.85. The Morgan fingerprint density at radius 3 is 2.44 bits per heavy atom. The first kappa shape index (κ1) is 21.4. The van der Waals surface area contributed by atoms with E-state index in [4.69, 9.17) is 15.6 Å². The predicted octanol–water partition coefficient (Wildman–Crippen LogP) is 3.12. The van der Waals surface area contributed by atoms with E-state index in [2.05, 4.69) is 4.98 Å². The van der Waals surface area contributed by atoms with Gasteiger partial charge in [-0.15, -0.1) is 0 Å². The minimum atomic E-state index is -1.54. The topological polar surface area (TPSA) is 126 Å². The van der Waals surface area contributed by atoms with Gasteiger partial charge in [0.15, 0.2) is 0 Å². The van der Waals surface area contributed by atoms with E-state index in [1.807, 2.05) is 24.3 Å². The second-order valence-electron chi connectivity index (χ2n) is 8.12. The SMILES string of the molecule is COc1cc2[nH]cc(C(=O)C(=O)O)c2cc1C(=O)N1CCC(Cc2ccc(N)cc2)CC1. The van der Waals surface area contributed by atoms with Gasteiger partial charge in [0, 0.05) is 41.9 Å². The number of Topliss-reactive ketones (excluding diaryl/α,β-unsaturated/α-hetero) is 1. The number of aromatic amines is 1. The van der Waals surface area contributed by atoms with Crippen LogP contribution in [0.25, 0.3) is 10.9 Å². The summed E-state index contributed by atoms with van der Waals surface area (Å²) in [5, 5.41) is 9.46. The number of piperidine rings is 1. The van der Waals surface area contributed by atoms with Gasteiger partial charge < -0.3 is 25.5 Å². The van der Waals surface area contributed by atoms with Gasteiger partial charge >= 0.3 is 5.97 Å². The molecule has 0 radical (unpaired) electrons. The third-order valence-corrected chi connectivity index (χ3v) is 6.08. The third-order valence-electron chi connectivity index (χ3n) is 6.08. The molecule has 0 bridgehead atoms. The number of H-pyrrole nitrogens is 1. The van der Waals surface area contributed by atoms with Crippen LogP contribution in [0.5, 0.6) is 5.75 Å². The van der Waals surface area contributed by atoms with Crippen molar-refractivity contribution in [2.45, 2.75) is 19.3 Å².